The molecule has 226 valence electrons. The quantitative estimate of drug-likeness (QED) is 0.0392. The molecule has 1 aliphatic rings. The van der Waals surface area contributed by atoms with Gasteiger partial charge in [-0.3, -0.25) is 15.0 Å². The summed E-state index contributed by atoms with van der Waals surface area (Å²) in [5.41, 5.74) is -0.683. The van der Waals surface area contributed by atoms with Crippen molar-refractivity contribution in [3.05, 3.63) is 74.6 Å². The zero-order valence-corrected chi connectivity index (χ0v) is 26.4. The summed E-state index contributed by atoms with van der Waals surface area (Å²) in [5, 5.41) is 22.0. The van der Waals surface area contributed by atoms with Gasteiger partial charge in [-0.2, -0.15) is 0 Å². The molecule has 16 heteroatoms. The molecule has 1 unspecified atom stereocenters. The molecule has 0 saturated carbocycles. The van der Waals surface area contributed by atoms with Crippen LogP contribution in [0.3, 0.4) is 0 Å². The molecule has 43 heavy (non-hydrogen) atoms. The molecule has 0 aliphatic carbocycles. The molecule has 2 rings (SSSR count). The van der Waals surface area contributed by atoms with Crippen LogP contribution in [-0.2, 0) is 42.9 Å². The summed E-state index contributed by atoms with van der Waals surface area (Å²) in [6.07, 6.45) is -0.854. The number of nitrogens with zero attached hydrogens (tertiary/aromatic N) is 2. The molecule has 1 heterocycles. The number of carbonyl (C=O) groups excluding carboxylic acids is 5. The Kier molecular flexibility index (Phi) is 14.8. The third-order valence-electron chi connectivity index (χ3n) is 5.67. The van der Waals surface area contributed by atoms with Crippen molar-refractivity contribution in [1.82, 2.24) is 4.90 Å². The Morgan fingerprint density at radius 2 is 1.60 bits per heavy atom. The number of esters is 3. The van der Waals surface area contributed by atoms with E-state index >= 15 is 0 Å². The monoisotopic (exact) mass is 612 g/mol. The normalized spacial score (nSPS) is 14.7. The van der Waals surface area contributed by atoms with Crippen molar-refractivity contribution in [2.75, 3.05) is 27.1 Å². The molecule has 1 atom stereocenters. The molecular formula is C27H29N2NaO13. The van der Waals surface area contributed by atoms with E-state index in [1.54, 1.807) is 13.8 Å². The molecule has 0 bridgehead atoms. The van der Waals surface area contributed by atoms with Gasteiger partial charge in [-0.25, -0.2) is 19.2 Å². The van der Waals surface area contributed by atoms with Gasteiger partial charge in [-0.05, 0) is 39.3 Å². The van der Waals surface area contributed by atoms with Crippen LogP contribution in [0.5, 0.6) is 0 Å². The second-order valence-electron chi connectivity index (χ2n) is 8.85. The van der Waals surface area contributed by atoms with Crippen molar-refractivity contribution < 1.29 is 87.2 Å². The fraction of sp³-hybridized carbons (Fsp3) is 0.370. The van der Waals surface area contributed by atoms with Crippen molar-refractivity contribution in [3.8, 4) is 0 Å². The van der Waals surface area contributed by atoms with Gasteiger partial charge in [0.05, 0.1) is 40.7 Å². The Labute approximate surface area is 268 Å². The number of hydrogen-bond acceptors (Lipinski definition) is 13. The van der Waals surface area contributed by atoms with Crippen molar-refractivity contribution in [2.45, 2.75) is 39.7 Å². The number of aliphatic carboxylic acids is 1. The summed E-state index contributed by atoms with van der Waals surface area (Å²) >= 11 is 0. The number of ether oxygens (including phenoxy) is 5. The SMILES string of the molecule is COCCOC(=O)C1=C(C)N(C(=O)OCOC(=O)/C=C/C(=O)[O-])C(C)=C(C(=O)OC(C)C)C1c1cccc([N+](=O)[O-])c1.[Na+]. The van der Waals surface area contributed by atoms with Crippen LogP contribution < -0.4 is 34.7 Å². The van der Waals surface area contributed by atoms with Crippen LogP contribution in [0.4, 0.5) is 10.5 Å². The van der Waals surface area contributed by atoms with Gasteiger partial charge in [-0.1, -0.05) is 12.1 Å². The Hall–Kier alpha value is -4.05. The summed E-state index contributed by atoms with van der Waals surface area (Å²) in [4.78, 5) is 73.8. The zero-order chi connectivity index (χ0) is 31.6. The van der Waals surface area contributed by atoms with Gasteiger partial charge in [0, 0.05) is 36.7 Å². The zero-order valence-electron chi connectivity index (χ0n) is 24.4. The topological polar surface area (TPSA) is 201 Å². The van der Waals surface area contributed by atoms with E-state index in [0.717, 1.165) is 4.90 Å². The number of nitro groups is 1. The third-order valence-corrected chi connectivity index (χ3v) is 5.67. The molecule has 1 amide bonds. The molecule has 0 radical (unpaired) electrons. The minimum absolute atomic E-state index is 0. The predicted molar refractivity (Wildman–Crippen MR) is 139 cm³/mol. The number of methoxy groups -OCH3 is 1. The first-order valence-corrected chi connectivity index (χ1v) is 12.4. The van der Waals surface area contributed by atoms with Crippen LogP contribution in [0.2, 0.25) is 0 Å². The van der Waals surface area contributed by atoms with E-state index < -0.39 is 53.7 Å². The van der Waals surface area contributed by atoms with Gasteiger partial charge in [-0.15, -0.1) is 0 Å². The summed E-state index contributed by atoms with van der Waals surface area (Å²) in [5.74, 6) is -5.95. The van der Waals surface area contributed by atoms with Gasteiger partial charge in [0.15, 0.2) is 0 Å². The van der Waals surface area contributed by atoms with E-state index in [1.165, 1.54) is 45.2 Å². The molecule has 1 aromatic carbocycles. The van der Waals surface area contributed by atoms with Crippen molar-refractivity contribution in [3.63, 3.8) is 0 Å². The fourth-order valence-corrected chi connectivity index (χ4v) is 3.97. The number of hydrogen-bond donors (Lipinski definition) is 0. The summed E-state index contributed by atoms with van der Waals surface area (Å²) in [6.45, 7) is 4.77. The Balaban J connectivity index is 0.00000924. The number of allylic oxidation sites excluding steroid dienone is 2. The van der Waals surface area contributed by atoms with Crippen LogP contribution in [0, 0.1) is 10.1 Å². The maximum absolute atomic E-state index is 13.4. The number of non-ortho nitro benzene ring substituents is 1. The average molecular weight is 613 g/mol. The first-order chi connectivity index (χ1) is 19.8. The number of carboxylic acids is 1. The first kappa shape index (κ1) is 37.0. The molecule has 1 aromatic rings. The van der Waals surface area contributed by atoms with E-state index in [-0.39, 0.29) is 76.6 Å². The minimum Gasteiger partial charge on any atom is -0.545 e. The van der Waals surface area contributed by atoms with Crippen LogP contribution in [-0.4, -0.2) is 73.0 Å². The number of carboxylic acid groups (broad SMARTS) is 1. The Morgan fingerprint density at radius 3 is 2.16 bits per heavy atom. The second-order valence-corrected chi connectivity index (χ2v) is 8.85. The van der Waals surface area contributed by atoms with Crippen LogP contribution in [0.25, 0.3) is 0 Å². The van der Waals surface area contributed by atoms with Crippen molar-refractivity contribution in [1.29, 1.82) is 0 Å². The maximum atomic E-state index is 13.4. The van der Waals surface area contributed by atoms with Gasteiger partial charge >= 0.3 is 53.6 Å². The molecule has 15 nitrogen and oxygen atoms in total. The van der Waals surface area contributed by atoms with Gasteiger partial charge in [0.2, 0.25) is 6.79 Å². The van der Waals surface area contributed by atoms with Gasteiger partial charge < -0.3 is 33.6 Å². The third kappa shape index (κ3) is 10.0. The summed E-state index contributed by atoms with van der Waals surface area (Å²) in [7, 11) is 1.38. The van der Waals surface area contributed by atoms with E-state index in [4.69, 9.17) is 18.9 Å². The van der Waals surface area contributed by atoms with Gasteiger partial charge in [0.1, 0.15) is 6.61 Å². The first-order valence-electron chi connectivity index (χ1n) is 12.4. The molecule has 0 spiro atoms. The average Bonchev–Trinajstić information content (AvgIpc) is 2.91. The molecule has 0 fully saturated rings. The number of rotatable bonds is 12. The molecule has 0 N–H and O–H groups in total. The number of nitro benzene ring substituents is 1. The van der Waals surface area contributed by atoms with E-state index in [9.17, 15) is 39.2 Å². The standard InChI is InChI=1S/C27H30N2O13.Na/c1-15(2)42-26(34)23-17(4)28(27(35)41-14-40-21(32)10-9-20(30)31)16(3)22(25(33)39-12-11-38-5)24(23)18-7-6-8-19(13-18)29(36)37;/h6-10,13,15,24H,11-12,14H2,1-5H3,(H,30,31);/q;+1/p-1/b10-9+;. The number of benzene rings is 1. The van der Waals surface area contributed by atoms with Crippen LogP contribution in [0.15, 0.2) is 59.0 Å². The Morgan fingerprint density at radius 1 is 0.977 bits per heavy atom. The molecule has 1 aliphatic heterocycles. The largest absolute Gasteiger partial charge is 1.00 e. The van der Waals surface area contributed by atoms with E-state index in [2.05, 4.69) is 4.74 Å². The fourth-order valence-electron chi connectivity index (χ4n) is 3.97. The van der Waals surface area contributed by atoms with Crippen molar-refractivity contribution in [2.24, 2.45) is 0 Å². The van der Waals surface area contributed by atoms with Gasteiger partial charge in [0.25, 0.3) is 5.69 Å². The molecule has 0 saturated heterocycles. The van der Waals surface area contributed by atoms with Crippen molar-refractivity contribution >= 4 is 35.7 Å². The minimum atomic E-state index is -1.65. The summed E-state index contributed by atoms with van der Waals surface area (Å²) in [6, 6.07) is 5.26. The van der Waals surface area contributed by atoms with Crippen LogP contribution in [0.1, 0.15) is 39.2 Å². The number of amides is 1. The predicted octanol–water partition coefficient (Wildman–Crippen LogP) is -1.37. The molecular weight excluding hydrogens is 583 g/mol. The van der Waals surface area contributed by atoms with E-state index in [1.807, 2.05) is 0 Å². The van der Waals surface area contributed by atoms with Crippen LogP contribution >= 0.6 is 0 Å². The number of carbonyl (C=O) groups is 5. The Bertz CT molecular complexity index is 1350. The molecule has 0 aromatic heterocycles. The smallest absolute Gasteiger partial charge is 0.545 e. The maximum Gasteiger partial charge on any atom is 1.00 e. The second kappa shape index (κ2) is 17.2. The summed E-state index contributed by atoms with van der Waals surface area (Å²) < 4.78 is 25.3. The van der Waals surface area contributed by atoms with E-state index in [0.29, 0.717) is 12.2 Å².